The van der Waals surface area contributed by atoms with Crippen LogP contribution < -0.4 is 9.80 Å². The number of urea groups is 1. The second kappa shape index (κ2) is 7.69. The third kappa shape index (κ3) is 3.63. The first-order chi connectivity index (χ1) is 14.7. The third-order valence-electron chi connectivity index (χ3n) is 5.86. The van der Waals surface area contributed by atoms with Crippen molar-refractivity contribution >= 4 is 23.2 Å². The van der Waals surface area contributed by atoms with Crippen LogP contribution in [-0.2, 0) is 6.18 Å². The van der Waals surface area contributed by atoms with Crippen LogP contribution in [0.3, 0.4) is 0 Å². The van der Waals surface area contributed by atoms with Crippen molar-refractivity contribution in [2.45, 2.75) is 50.9 Å². The molecule has 1 aliphatic carbocycles. The van der Waals surface area contributed by atoms with Gasteiger partial charge in [-0.05, 0) is 43.2 Å². The van der Waals surface area contributed by atoms with Gasteiger partial charge in [-0.15, -0.1) is 0 Å². The lowest BCUT2D eigenvalue weighted by molar-refractivity contribution is -0.137. The number of carbonyl (C=O) groups is 2. The fraction of sp³-hybridized carbons (Fsp3) is 0.364. The van der Waals surface area contributed by atoms with E-state index >= 15 is 0 Å². The number of hydrogen-bond acceptors (Lipinski definition) is 4. The van der Waals surface area contributed by atoms with Gasteiger partial charge in [0.15, 0.2) is 5.78 Å². The fourth-order valence-corrected chi connectivity index (χ4v) is 4.45. The van der Waals surface area contributed by atoms with Gasteiger partial charge in [0.2, 0.25) is 0 Å². The van der Waals surface area contributed by atoms with Crippen molar-refractivity contribution < 1.29 is 22.8 Å². The van der Waals surface area contributed by atoms with Gasteiger partial charge < -0.3 is 0 Å². The van der Waals surface area contributed by atoms with Crippen LogP contribution in [0.15, 0.2) is 36.5 Å². The molecular formula is C22H19F3N4O2. The van der Waals surface area contributed by atoms with Gasteiger partial charge >= 0.3 is 12.2 Å². The van der Waals surface area contributed by atoms with Gasteiger partial charge in [0.25, 0.3) is 0 Å². The number of pyridine rings is 1. The Kier molecular flexibility index (Phi) is 5.17. The second-order valence-corrected chi connectivity index (χ2v) is 7.74. The molecule has 2 heterocycles. The van der Waals surface area contributed by atoms with E-state index in [2.05, 4.69) is 4.98 Å². The van der Waals surface area contributed by atoms with E-state index in [-0.39, 0.29) is 29.2 Å². The van der Waals surface area contributed by atoms with Crippen LogP contribution in [0, 0.1) is 11.3 Å². The zero-order chi connectivity index (χ0) is 22.3. The second-order valence-electron chi connectivity index (χ2n) is 7.74. The lowest BCUT2D eigenvalue weighted by atomic mass is 9.89. The van der Waals surface area contributed by atoms with Crippen LogP contribution >= 0.6 is 0 Å². The molecule has 0 radical (unpaired) electrons. The van der Waals surface area contributed by atoms with E-state index in [1.165, 1.54) is 30.2 Å². The smallest absolute Gasteiger partial charge is 0.293 e. The van der Waals surface area contributed by atoms with E-state index in [0.717, 1.165) is 25.0 Å². The summed E-state index contributed by atoms with van der Waals surface area (Å²) >= 11 is 0. The minimum atomic E-state index is -4.71. The molecule has 4 rings (SSSR count). The number of fused-ring (bicyclic) bond motifs is 1. The third-order valence-corrected chi connectivity index (χ3v) is 5.86. The molecular weight excluding hydrogens is 409 g/mol. The number of halogens is 3. The molecule has 31 heavy (non-hydrogen) atoms. The van der Waals surface area contributed by atoms with Crippen LogP contribution in [0.1, 0.15) is 54.2 Å². The molecule has 2 aliphatic rings. The Balaban J connectivity index is 1.76. The summed E-state index contributed by atoms with van der Waals surface area (Å²) in [6, 6.07) is 7.17. The van der Waals surface area contributed by atoms with E-state index in [9.17, 15) is 22.8 Å². The zero-order valence-electron chi connectivity index (χ0n) is 16.7. The highest BCUT2D eigenvalue weighted by Crippen LogP contribution is 2.41. The summed E-state index contributed by atoms with van der Waals surface area (Å²) < 4.78 is 40.4. The van der Waals surface area contributed by atoms with Crippen molar-refractivity contribution in [2.75, 3.05) is 9.80 Å². The average molecular weight is 428 g/mol. The van der Waals surface area contributed by atoms with Gasteiger partial charge in [-0.25, -0.2) is 4.79 Å². The van der Waals surface area contributed by atoms with Gasteiger partial charge in [-0.2, -0.15) is 18.4 Å². The largest absolute Gasteiger partial charge is 0.417 e. The predicted molar refractivity (Wildman–Crippen MR) is 107 cm³/mol. The van der Waals surface area contributed by atoms with Crippen LogP contribution in [0.25, 0.3) is 0 Å². The molecule has 1 saturated carbocycles. The molecule has 2 amide bonds. The summed E-state index contributed by atoms with van der Waals surface area (Å²) in [7, 11) is 0. The van der Waals surface area contributed by atoms with E-state index in [1.54, 1.807) is 17.0 Å². The van der Waals surface area contributed by atoms with E-state index in [4.69, 9.17) is 5.26 Å². The van der Waals surface area contributed by atoms with E-state index in [0.29, 0.717) is 18.5 Å². The number of anilines is 2. The SMILES string of the molecule is CC(=O)c1ccc(N2C(=O)N(c3ccc(C#N)c(C(F)(F)F)c3)[C@H]3CCCC[C@@H]32)cn1. The molecule has 0 unspecified atom stereocenters. The lowest BCUT2D eigenvalue weighted by Crippen LogP contribution is -2.40. The molecule has 9 heteroatoms. The van der Waals surface area contributed by atoms with Gasteiger partial charge in [0.1, 0.15) is 5.69 Å². The molecule has 1 aliphatic heterocycles. The highest BCUT2D eigenvalue weighted by Gasteiger charge is 2.48. The first-order valence-electron chi connectivity index (χ1n) is 9.93. The number of hydrogen-bond donors (Lipinski definition) is 0. The van der Waals surface area contributed by atoms with Crippen LogP contribution in [0.5, 0.6) is 0 Å². The summed E-state index contributed by atoms with van der Waals surface area (Å²) in [4.78, 5) is 32.0. The molecule has 2 fully saturated rings. The number of ketones is 1. The summed E-state index contributed by atoms with van der Waals surface area (Å²) in [5.74, 6) is -0.200. The molecule has 0 bridgehead atoms. The van der Waals surface area contributed by atoms with Crippen molar-refractivity contribution in [1.29, 1.82) is 5.26 Å². The predicted octanol–water partition coefficient (Wildman–Crippen LogP) is 4.93. The van der Waals surface area contributed by atoms with Gasteiger partial charge in [0, 0.05) is 12.6 Å². The molecule has 6 nitrogen and oxygen atoms in total. The lowest BCUT2D eigenvalue weighted by Gasteiger charge is -2.31. The molecule has 2 aromatic rings. The van der Waals surface area contributed by atoms with Crippen molar-refractivity contribution in [3.8, 4) is 6.07 Å². The molecule has 1 aromatic heterocycles. The Bertz CT molecular complexity index is 1080. The van der Waals surface area contributed by atoms with Crippen LogP contribution in [0.2, 0.25) is 0 Å². The summed E-state index contributed by atoms with van der Waals surface area (Å²) in [6.07, 6.45) is -0.121. The van der Waals surface area contributed by atoms with Gasteiger partial charge in [-0.3, -0.25) is 19.6 Å². The Morgan fingerprint density at radius 2 is 1.71 bits per heavy atom. The maximum atomic E-state index is 13.5. The first kappa shape index (κ1) is 20.8. The molecule has 0 spiro atoms. The summed E-state index contributed by atoms with van der Waals surface area (Å²) in [6.45, 7) is 1.39. The Morgan fingerprint density at radius 1 is 1.10 bits per heavy atom. The number of Topliss-reactive ketones (excluding diaryl/α,β-unsaturated/α-hetero) is 1. The number of rotatable bonds is 3. The maximum Gasteiger partial charge on any atom is 0.417 e. The monoisotopic (exact) mass is 428 g/mol. The number of alkyl halides is 3. The first-order valence-corrected chi connectivity index (χ1v) is 9.93. The average Bonchev–Trinajstić information content (AvgIpc) is 3.04. The molecule has 0 N–H and O–H groups in total. The highest BCUT2D eigenvalue weighted by atomic mass is 19.4. The number of carbonyl (C=O) groups excluding carboxylic acids is 2. The van der Waals surface area contributed by atoms with Crippen LogP contribution in [-0.4, -0.2) is 28.9 Å². The Morgan fingerprint density at radius 3 is 2.23 bits per heavy atom. The number of benzene rings is 1. The number of amides is 2. The van der Waals surface area contributed by atoms with E-state index in [1.807, 2.05) is 0 Å². The van der Waals surface area contributed by atoms with Crippen molar-refractivity contribution in [1.82, 2.24) is 4.98 Å². The zero-order valence-corrected chi connectivity index (χ0v) is 16.7. The van der Waals surface area contributed by atoms with Crippen molar-refractivity contribution in [3.63, 3.8) is 0 Å². The number of nitrogens with zero attached hydrogens (tertiary/aromatic N) is 4. The topological polar surface area (TPSA) is 77.3 Å². The van der Waals surface area contributed by atoms with Crippen molar-refractivity contribution in [2.24, 2.45) is 0 Å². The Hall–Kier alpha value is -3.41. The minimum Gasteiger partial charge on any atom is -0.293 e. The highest BCUT2D eigenvalue weighted by molar-refractivity contribution is 6.07. The van der Waals surface area contributed by atoms with Crippen LogP contribution in [0.4, 0.5) is 29.3 Å². The quantitative estimate of drug-likeness (QED) is 0.650. The fourth-order valence-electron chi connectivity index (χ4n) is 4.45. The van der Waals surface area contributed by atoms with Gasteiger partial charge in [-0.1, -0.05) is 12.8 Å². The summed E-state index contributed by atoms with van der Waals surface area (Å²) in [5, 5.41) is 9.06. The Labute approximate surface area is 176 Å². The van der Waals surface area contributed by atoms with E-state index < -0.39 is 23.3 Å². The molecule has 2 atom stereocenters. The summed E-state index contributed by atoms with van der Waals surface area (Å²) in [5.41, 5.74) is -0.653. The number of aromatic nitrogens is 1. The number of nitriles is 1. The molecule has 1 aromatic carbocycles. The normalized spacial score (nSPS) is 21.1. The molecule has 1 saturated heterocycles. The standard InChI is InChI=1S/C22H19F3N4O2/c1-13(30)18-9-8-16(12-27-18)29-20-5-3-2-4-19(20)28(21(29)31)15-7-6-14(11-26)17(10-15)22(23,24)25/h6-10,12,19-20H,2-5H2,1H3/t19-,20-/m0/s1. The van der Waals surface area contributed by atoms with Gasteiger partial charge in [0.05, 0.1) is 41.2 Å². The maximum absolute atomic E-state index is 13.5. The minimum absolute atomic E-state index is 0.115. The van der Waals surface area contributed by atoms with Crippen molar-refractivity contribution in [3.05, 3.63) is 53.3 Å². The molecule has 160 valence electrons.